The lowest BCUT2D eigenvalue weighted by atomic mass is 9.82. The number of hydrogen-bond acceptors (Lipinski definition) is 6. The summed E-state index contributed by atoms with van der Waals surface area (Å²) < 4.78 is 5.13. The zero-order chi connectivity index (χ0) is 26.7. The van der Waals surface area contributed by atoms with Crippen molar-refractivity contribution in [3.8, 4) is 5.75 Å². The van der Waals surface area contributed by atoms with Gasteiger partial charge in [-0.25, -0.2) is 0 Å². The first-order chi connectivity index (χ1) is 17.7. The van der Waals surface area contributed by atoms with E-state index in [9.17, 15) is 24.6 Å². The number of nitrogens with zero attached hydrogens (tertiary/aromatic N) is 2. The summed E-state index contributed by atoms with van der Waals surface area (Å²) >= 11 is 0. The lowest BCUT2D eigenvalue weighted by Crippen LogP contribution is -2.43. The number of methoxy groups -OCH3 is 1. The first-order valence-corrected chi connectivity index (χ1v) is 12.4. The zero-order valence-electron chi connectivity index (χ0n) is 21.3. The summed E-state index contributed by atoms with van der Waals surface area (Å²) in [6, 6.07) is 11.5. The molecule has 0 unspecified atom stereocenters. The molecule has 2 aromatic rings. The van der Waals surface area contributed by atoms with Crippen molar-refractivity contribution in [3.63, 3.8) is 0 Å². The van der Waals surface area contributed by atoms with Crippen LogP contribution in [0.3, 0.4) is 0 Å². The minimum absolute atomic E-state index is 0.0550. The van der Waals surface area contributed by atoms with E-state index in [4.69, 9.17) is 4.74 Å². The zero-order valence-corrected chi connectivity index (χ0v) is 21.3. The Bertz CT molecular complexity index is 1210. The molecule has 1 fully saturated rings. The summed E-state index contributed by atoms with van der Waals surface area (Å²) in [5.41, 5.74) is -0.0418. The Morgan fingerprint density at radius 2 is 1.97 bits per heavy atom. The molecule has 3 amide bonds. The number of benzene rings is 2. The molecule has 4 rings (SSSR count). The number of amides is 3. The molecule has 2 aromatic carbocycles. The largest absolute Gasteiger partial charge is 0.497 e. The van der Waals surface area contributed by atoms with E-state index >= 15 is 0 Å². The van der Waals surface area contributed by atoms with Gasteiger partial charge in [0.1, 0.15) is 5.75 Å². The lowest BCUT2D eigenvalue weighted by molar-refractivity contribution is -0.139. The van der Waals surface area contributed by atoms with Crippen LogP contribution in [0, 0.1) is 5.92 Å². The average molecular weight is 508 g/mol. The first-order valence-electron chi connectivity index (χ1n) is 12.4. The molecule has 3 atom stereocenters. The molecule has 0 bridgehead atoms. The second kappa shape index (κ2) is 10.7. The van der Waals surface area contributed by atoms with Gasteiger partial charge in [-0.15, -0.1) is 0 Å². The Morgan fingerprint density at radius 3 is 2.65 bits per heavy atom. The van der Waals surface area contributed by atoms with Crippen LogP contribution in [0.25, 0.3) is 0 Å². The van der Waals surface area contributed by atoms with E-state index in [1.54, 1.807) is 80.6 Å². The van der Waals surface area contributed by atoms with Crippen LogP contribution in [0.5, 0.6) is 5.75 Å². The molecule has 1 saturated heterocycles. The third-order valence-electron chi connectivity index (χ3n) is 7.29. The quantitative estimate of drug-likeness (QED) is 0.473. The van der Waals surface area contributed by atoms with Crippen LogP contribution in [-0.2, 0) is 15.2 Å². The molecule has 9 heteroatoms. The Hall–Kier alpha value is -3.69. The van der Waals surface area contributed by atoms with Gasteiger partial charge in [-0.2, -0.15) is 0 Å². The molecule has 2 aliphatic rings. The predicted molar refractivity (Wildman–Crippen MR) is 139 cm³/mol. The number of nitrogens with one attached hydrogen (secondary N) is 1. The van der Waals surface area contributed by atoms with Gasteiger partial charge in [-0.1, -0.05) is 19.1 Å². The number of fused-ring (bicyclic) bond motifs is 1. The number of hydrogen-bond donors (Lipinski definition) is 3. The molecule has 0 saturated carbocycles. The van der Waals surface area contributed by atoms with E-state index in [1.165, 1.54) is 4.90 Å². The number of ether oxygens (including phenoxy) is 1. The van der Waals surface area contributed by atoms with Crippen LogP contribution in [0.1, 0.15) is 42.1 Å². The van der Waals surface area contributed by atoms with Gasteiger partial charge in [0.05, 0.1) is 25.4 Å². The Morgan fingerprint density at radius 1 is 1.24 bits per heavy atom. The van der Waals surface area contributed by atoms with E-state index in [-0.39, 0.29) is 30.9 Å². The van der Waals surface area contributed by atoms with Crippen molar-refractivity contribution in [1.29, 1.82) is 0 Å². The molecule has 0 radical (unpaired) electrons. The van der Waals surface area contributed by atoms with E-state index in [2.05, 4.69) is 5.32 Å². The summed E-state index contributed by atoms with van der Waals surface area (Å²) in [6.07, 6.45) is 5.11. The Kier molecular flexibility index (Phi) is 7.65. The minimum atomic E-state index is -1.86. The first kappa shape index (κ1) is 26.4. The fraction of sp³-hybridized carbons (Fsp3) is 0.393. The Balaban J connectivity index is 1.51. The highest BCUT2D eigenvalue weighted by Crippen LogP contribution is 2.45. The van der Waals surface area contributed by atoms with Crippen molar-refractivity contribution < 1.29 is 29.3 Å². The highest BCUT2D eigenvalue weighted by Gasteiger charge is 2.51. The highest BCUT2D eigenvalue weighted by atomic mass is 16.5. The summed E-state index contributed by atoms with van der Waals surface area (Å²) in [7, 11) is 3.14. The van der Waals surface area contributed by atoms with Crippen molar-refractivity contribution in [3.05, 3.63) is 65.7 Å². The molecule has 3 N–H and O–H groups in total. The third-order valence-corrected chi connectivity index (χ3v) is 7.29. The smallest absolute Gasteiger partial charge is 0.264 e. The molecule has 196 valence electrons. The van der Waals surface area contributed by atoms with Gasteiger partial charge in [0.15, 0.2) is 5.60 Å². The fourth-order valence-corrected chi connectivity index (χ4v) is 5.06. The maximum absolute atomic E-state index is 13.2. The van der Waals surface area contributed by atoms with Gasteiger partial charge in [-0.05, 0) is 55.3 Å². The van der Waals surface area contributed by atoms with Crippen molar-refractivity contribution in [2.75, 3.05) is 37.5 Å². The van der Waals surface area contributed by atoms with Gasteiger partial charge in [0.25, 0.3) is 11.8 Å². The summed E-state index contributed by atoms with van der Waals surface area (Å²) in [5, 5.41) is 23.9. The molecule has 9 nitrogen and oxygen atoms in total. The van der Waals surface area contributed by atoms with Crippen LogP contribution in [0.4, 0.5) is 11.4 Å². The normalized spacial score (nSPS) is 21.9. The van der Waals surface area contributed by atoms with E-state index in [0.29, 0.717) is 34.8 Å². The van der Waals surface area contributed by atoms with Crippen LogP contribution < -0.4 is 15.0 Å². The van der Waals surface area contributed by atoms with E-state index < -0.39 is 17.4 Å². The number of likely N-dealkylation sites (tertiary alicyclic amines) is 1. The van der Waals surface area contributed by atoms with Crippen LogP contribution in [-0.4, -0.2) is 66.2 Å². The third kappa shape index (κ3) is 4.97. The number of aliphatic hydroxyl groups excluding tert-OH is 1. The maximum Gasteiger partial charge on any atom is 0.264 e. The second-order valence-electron chi connectivity index (χ2n) is 9.53. The molecule has 0 spiro atoms. The summed E-state index contributed by atoms with van der Waals surface area (Å²) in [6.45, 7) is 2.29. The lowest BCUT2D eigenvalue weighted by Gasteiger charge is -2.27. The standard InChI is InChI=1S/C28H33N3O6/c1-18(6-4-8-25(33)31-15-5-7-21(31)17-32)28(36)23-16-20(11-14-24(23)30(2)27(28)35)29-26(34)19-9-12-22(37-3)13-10-19/h4,6,9-14,16,18,21,32,36H,5,7-8,15,17H2,1-3H3,(H,29,34)/b6-4+/t18-,21+,28+/m1/s1. The monoisotopic (exact) mass is 507 g/mol. The minimum Gasteiger partial charge on any atom is -0.497 e. The Labute approximate surface area is 216 Å². The molecule has 2 aliphatic heterocycles. The number of anilines is 2. The molecular formula is C28H33N3O6. The van der Waals surface area contributed by atoms with E-state index in [0.717, 1.165) is 12.8 Å². The summed E-state index contributed by atoms with van der Waals surface area (Å²) in [4.78, 5) is 41.6. The average Bonchev–Trinajstić information content (AvgIpc) is 3.47. The number of carbonyl (C=O) groups excluding carboxylic acids is 3. The number of carbonyl (C=O) groups is 3. The molecule has 2 heterocycles. The number of rotatable bonds is 8. The van der Waals surface area contributed by atoms with Crippen molar-refractivity contribution in [1.82, 2.24) is 4.90 Å². The van der Waals surface area contributed by atoms with E-state index in [1.807, 2.05) is 0 Å². The van der Waals surface area contributed by atoms with Crippen LogP contribution in [0.15, 0.2) is 54.6 Å². The van der Waals surface area contributed by atoms with Gasteiger partial charge in [0.2, 0.25) is 5.91 Å². The van der Waals surface area contributed by atoms with Crippen LogP contribution >= 0.6 is 0 Å². The highest BCUT2D eigenvalue weighted by molar-refractivity contribution is 6.08. The number of likely N-dealkylation sites (N-methyl/N-ethyl adjacent to an activating group) is 1. The van der Waals surface area contributed by atoms with Gasteiger partial charge in [-0.3, -0.25) is 14.4 Å². The predicted octanol–water partition coefficient (Wildman–Crippen LogP) is 2.68. The van der Waals surface area contributed by atoms with Crippen molar-refractivity contribution in [2.45, 2.75) is 37.8 Å². The molecular weight excluding hydrogens is 474 g/mol. The maximum atomic E-state index is 13.2. The molecule has 37 heavy (non-hydrogen) atoms. The SMILES string of the molecule is COc1ccc(C(=O)Nc2ccc3c(c2)[C@@](O)([C@H](C)/C=C/CC(=O)N2CCC[C@H]2CO)C(=O)N3C)cc1. The van der Waals surface area contributed by atoms with Crippen molar-refractivity contribution in [2.24, 2.45) is 5.92 Å². The topological polar surface area (TPSA) is 119 Å². The molecule has 0 aliphatic carbocycles. The fourth-order valence-electron chi connectivity index (χ4n) is 5.06. The molecule has 0 aromatic heterocycles. The van der Waals surface area contributed by atoms with Gasteiger partial charge >= 0.3 is 0 Å². The van der Waals surface area contributed by atoms with Gasteiger partial charge < -0.3 is 30.1 Å². The number of aliphatic hydroxyl groups is 2. The van der Waals surface area contributed by atoms with Gasteiger partial charge in [0, 0.05) is 42.7 Å². The second-order valence-corrected chi connectivity index (χ2v) is 9.53. The van der Waals surface area contributed by atoms with Crippen LogP contribution in [0.2, 0.25) is 0 Å². The summed E-state index contributed by atoms with van der Waals surface area (Å²) in [5.74, 6) is -0.914. The van der Waals surface area contributed by atoms with Crippen molar-refractivity contribution >= 4 is 29.1 Å².